The highest BCUT2D eigenvalue weighted by Crippen LogP contribution is 2.00. The number of hydrogen-bond donors (Lipinski definition) is 0. The van der Waals surface area contributed by atoms with Gasteiger partial charge in [0.2, 0.25) is 0 Å². The quantitative estimate of drug-likeness (QED) is 0.330. The fraction of sp³-hybridized carbons (Fsp3) is 0.250. The monoisotopic (exact) mass is 156 g/mol. The van der Waals surface area contributed by atoms with Crippen LogP contribution in [0, 0.1) is 10.1 Å². The Morgan fingerprint density at radius 1 is 1.82 bits per heavy atom. The zero-order valence-electron chi connectivity index (χ0n) is 5.38. The van der Waals surface area contributed by atoms with Crippen molar-refractivity contribution in [3.8, 4) is 0 Å². The van der Waals surface area contributed by atoms with E-state index in [1.807, 2.05) is 0 Å². The van der Waals surface area contributed by atoms with Gasteiger partial charge in [0, 0.05) is 0 Å². The zero-order valence-corrected chi connectivity index (χ0v) is 5.38. The molecule has 7 nitrogen and oxygen atoms in total. The zero-order chi connectivity index (χ0) is 8.27. The van der Waals surface area contributed by atoms with E-state index in [0.29, 0.717) is 6.29 Å². The van der Waals surface area contributed by atoms with Crippen LogP contribution in [0.5, 0.6) is 0 Å². The van der Waals surface area contributed by atoms with Crippen molar-refractivity contribution < 1.29 is 9.72 Å². The van der Waals surface area contributed by atoms with Crippen LogP contribution in [-0.4, -0.2) is 26.2 Å². The molecule has 58 valence electrons. The molecular weight excluding hydrogens is 152 g/mol. The molecule has 11 heavy (non-hydrogen) atoms. The molecule has 7 heteroatoms. The average molecular weight is 156 g/mol. The highest BCUT2D eigenvalue weighted by Gasteiger charge is 2.10. The Balaban J connectivity index is 2.81. The van der Waals surface area contributed by atoms with Crippen LogP contribution < -0.4 is 0 Å². The summed E-state index contributed by atoms with van der Waals surface area (Å²) in [5, 5.41) is 16.9. The lowest BCUT2D eigenvalue weighted by molar-refractivity contribution is -0.389. The van der Waals surface area contributed by atoms with Crippen molar-refractivity contribution in [1.29, 1.82) is 0 Å². The van der Waals surface area contributed by atoms with E-state index in [4.69, 9.17) is 0 Å². The van der Waals surface area contributed by atoms with E-state index in [2.05, 4.69) is 10.2 Å². The summed E-state index contributed by atoms with van der Waals surface area (Å²) in [5.74, 6) is -0.355. The molecule has 0 aliphatic heterocycles. The Hall–Kier alpha value is -1.79. The van der Waals surface area contributed by atoms with E-state index in [1.54, 1.807) is 0 Å². The number of carbonyl (C=O) groups excluding carboxylic acids is 1. The number of carbonyl (C=O) groups is 1. The maximum atomic E-state index is 10.0. The lowest BCUT2D eigenvalue weighted by Gasteiger charge is -1.82. The summed E-state index contributed by atoms with van der Waals surface area (Å²) in [5.41, 5.74) is 0. The fourth-order valence-electron chi connectivity index (χ4n) is 0.526. The normalized spacial score (nSPS) is 9.45. The predicted octanol–water partition coefficient (Wildman–Crippen LogP) is -0.615. The van der Waals surface area contributed by atoms with Crippen molar-refractivity contribution in [2.75, 3.05) is 0 Å². The second kappa shape index (κ2) is 2.86. The maximum Gasteiger partial charge on any atom is 0.410 e. The summed E-state index contributed by atoms with van der Waals surface area (Å²) in [6.07, 6.45) is 1.55. The van der Waals surface area contributed by atoms with Crippen molar-refractivity contribution >= 4 is 12.1 Å². The lowest BCUT2D eigenvalue weighted by Crippen LogP contribution is -2.03. The molecule has 1 rings (SSSR count). The molecule has 0 fully saturated rings. The third-order valence-electron chi connectivity index (χ3n) is 0.949. The van der Waals surface area contributed by atoms with Crippen LogP contribution >= 0.6 is 0 Å². The molecule has 1 aromatic heterocycles. The number of aldehydes is 1. The van der Waals surface area contributed by atoms with Crippen molar-refractivity contribution in [1.82, 2.24) is 15.0 Å². The lowest BCUT2D eigenvalue weighted by atomic mass is 10.8. The van der Waals surface area contributed by atoms with Crippen LogP contribution in [0.25, 0.3) is 0 Å². The second-order valence-electron chi connectivity index (χ2n) is 1.68. The van der Waals surface area contributed by atoms with Gasteiger partial charge >= 0.3 is 5.82 Å². The minimum atomic E-state index is -0.672. The molecule has 0 atom stereocenters. The molecule has 0 unspecified atom stereocenters. The van der Waals surface area contributed by atoms with Gasteiger partial charge in [-0.25, -0.2) is 0 Å². The Labute approximate surface area is 60.8 Å². The summed E-state index contributed by atoms with van der Waals surface area (Å²) < 4.78 is 0. The third-order valence-corrected chi connectivity index (χ3v) is 0.949. The molecule has 0 aliphatic carbocycles. The van der Waals surface area contributed by atoms with Crippen molar-refractivity contribution in [2.45, 2.75) is 6.54 Å². The van der Waals surface area contributed by atoms with Gasteiger partial charge in [-0.2, -0.15) is 0 Å². The van der Waals surface area contributed by atoms with Gasteiger partial charge in [-0.05, 0) is 4.92 Å². The van der Waals surface area contributed by atoms with Crippen molar-refractivity contribution in [2.24, 2.45) is 0 Å². The van der Waals surface area contributed by atoms with Gasteiger partial charge in [0.1, 0.15) is 12.8 Å². The smallest absolute Gasteiger partial charge is 0.358 e. The first-order valence-electron chi connectivity index (χ1n) is 2.72. The van der Waals surface area contributed by atoms with E-state index in [0.717, 1.165) is 11.0 Å². The molecule has 1 aromatic rings. The Kier molecular flexibility index (Phi) is 1.90. The summed E-state index contributed by atoms with van der Waals surface area (Å²) >= 11 is 0. The molecule has 0 N–H and O–H groups in total. The first kappa shape index (κ1) is 7.32. The third kappa shape index (κ3) is 1.57. The molecule has 0 aromatic carbocycles. The van der Waals surface area contributed by atoms with Crippen molar-refractivity contribution in [3.63, 3.8) is 0 Å². The first-order valence-corrected chi connectivity index (χ1v) is 2.72. The van der Waals surface area contributed by atoms with Gasteiger partial charge in [0.05, 0.1) is 5.10 Å². The van der Waals surface area contributed by atoms with Gasteiger partial charge in [-0.3, -0.25) is 0 Å². The molecule has 0 radical (unpaired) electrons. The molecule has 0 bridgehead atoms. The van der Waals surface area contributed by atoms with Crippen molar-refractivity contribution in [3.05, 3.63) is 16.3 Å². The van der Waals surface area contributed by atoms with E-state index in [1.165, 1.54) is 0 Å². The average Bonchev–Trinajstić information content (AvgIpc) is 2.37. The molecule has 0 amide bonds. The van der Waals surface area contributed by atoms with Gasteiger partial charge in [-0.15, -0.1) is 5.10 Å². The minimum Gasteiger partial charge on any atom is -0.358 e. The van der Waals surface area contributed by atoms with Crippen LogP contribution in [0.15, 0.2) is 6.20 Å². The molecule has 0 spiro atoms. The summed E-state index contributed by atoms with van der Waals surface area (Å²) in [6.45, 7) is -0.0617. The largest absolute Gasteiger partial charge is 0.410 e. The molecular formula is C4H4N4O3. The summed E-state index contributed by atoms with van der Waals surface area (Å²) in [4.78, 5) is 20.2. The number of aromatic nitrogens is 3. The topological polar surface area (TPSA) is 90.9 Å². The number of nitrogens with zero attached hydrogens (tertiary/aromatic N) is 4. The van der Waals surface area contributed by atoms with Crippen LogP contribution in [0.1, 0.15) is 0 Å². The SMILES string of the molecule is O=CCn1ncc([N+](=O)[O-])n1. The predicted molar refractivity (Wildman–Crippen MR) is 32.7 cm³/mol. The highest BCUT2D eigenvalue weighted by molar-refractivity contribution is 5.48. The fourth-order valence-corrected chi connectivity index (χ4v) is 0.526. The van der Waals surface area contributed by atoms with Crippen LogP contribution in [-0.2, 0) is 11.3 Å². The van der Waals surface area contributed by atoms with Crippen LogP contribution in [0.2, 0.25) is 0 Å². The van der Waals surface area contributed by atoms with Crippen LogP contribution in [0.4, 0.5) is 5.82 Å². The Morgan fingerprint density at radius 2 is 2.55 bits per heavy atom. The number of hydrogen-bond acceptors (Lipinski definition) is 5. The van der Waals surface area contributed by atoms with Gasteiger partial charge < -0.3 is 14.9 Å². The number of nitro groups is 1. The second-order valence-corrected chi connectivity index (χ2v) is 1.68. The Morgan fingerprint density at radius 3 is 3.00 bits per heavy atom. The standard InChI is InChI=1S/C4H4N4O3/c9-2-1-7-5-3-4(6-7)8(10)11/h2-3H,1H2. The molecule has 0 saturated carbocycles. The molecule has 1 heterocycles. The minimum absolute atomic E-state index is 0.0617. The van der Waals surface area contributed by atoms with E-state index < -0.39 is 4.92 Å². The van der Waals surface area contributed by atoms with E-state index in [9.17, 15) is 14.9 Å². The molecule has 0 aliphatic rings. The van der Waals surface area contributed by atoms with Gasteiger partial charge in [-0.1, -0.05) is 4.80 Å². The maximum absolute atomic E-state index is 10.0. The van der Waals surface area contributed by atoms with Gasteiger partial charge in [0.25, 0.3) is 0 Å². The van der Waals surface area contributed by atoms with Gasteiger partial charge in [0.15, 0.2) is 6.20 Å². The van der Waals surface area contributed by atoms with Crippen LogP contribution in [0.3, 0.4) is 0 Å². The Bertz CT molecular complexity index is 281. The van der Waals surface area contributed by atoms with E-state index >= 15 is 0 Å². The first-order chi connectivity index (χ1) is 5.24. The number of rotatable bonds is 3. The van der Waals surface area contributed by atoms with E-state index in [-0.39, 0.29) is 12.4 Å². The highest BCUT2D eigenvalue weighted by atomic mass is 16.6. The summed E-state index contributed by atoms with van der Waals surface area (Å²) in [6, 6.07) is 0. The molecule has 0 saturated heterocycles. The summed E-state index contributed by atoms with van der Waals surface area (Å²) in [7, 11) is 0.